The summed E-state index contributed by atoms with van der Waals surface area (Å²) in [5, 5.41) is -0.927. The summed E-state index contributed by atoms with van der Waals surface area (Å²) >= 11 is 0.976. The van der Waals surface area contributed by atoms with E-state index in [1.807, 2.05) is 36.5 Å². The fraction of sp³-hybridized carbons (Fsp3) is 0.421. The van der Waals surface area contributed by atoms with Crippen LogP contribution in [0.15, 0.2) is 91.2 Å². The van der Waals surface area contributed by atoms with Crippen LogP contribution in [-0.4, -0.2) is 45.6 Å². The van der Waals surface area contributed by atoms with E-state index in [1.165, 1.54) is 5.56 Å². The number of esters is 1. The van der Waals surface area contributed by atoms with Gasteiger partial charge in [-0.05, 0) is 87.1 Å². The summed E-state index contributed by atoms with van der Waals surface area (Å²) in [6.45, 7) is 4.42. The van der Waals surface area contributed by atoms with Crippen LogP contribution >= 0.6 is 11.8 Å². The van der Waals surface area contributed by atoms with Gasteiger partial charge in [0.2, 0.25) is 5.91 Å². The molecule has 1 fully saturated rings. The Morgan fingerprint density at radius 1 is 0.870 bits per heavy atom. The number of carbonyl (C=O) groups is 3. The van der Waals surface area contributed by atoms with Crippen LogP contribution in [0.3, 0.4) is 0 Å². The highest BCUT2D eigenvalue weighted by Gasteiger charge is 2.40. The van der Waals surface area contributed by atoms with Gasteiger partial charge in [0.1, 0.15) is 5.75 Å². The van der Waals surface area contributed by atoms with Crippen molar-refractivity contribution >= 4 is 28.9 Å². The third-order valence-electron chi connectivity index (χ3n) is 7.35. The van der Waals surface area contributed by atoms with Gasteiger partial charge in [-0.2, -0.15) is 0 Å². The number of thioether (sulfide) groups is 1. The fourth-order valence-electron chi connectivity index (χ4n) is 4.60. The first-order valence-electron chi connectivity index (χ1n) is 16.4. The smallest absolute Gasteiger partial charge is 0.307 e. The number of imide groups is 1. The standard InChI is InChI=1S/C38H48N2O5S/c1-3-5-6-7-8-9-10-11-12-13-14-15-16-17-18-19-36(41)45-30-40-37(42)35(46-38(40)43)28-32-21-24-34(25-22-32)44-27-26-33-23-20-31(4-2)29-39-33/h5-6,8-9,11-12,14-15,20-25,29,35H,3-4,7,10,13,16-19,26-28,30H2,1-2H3/b6-5-,9-8-,12-11-,15-14-. The van der Waals surface area contributed by atoms with E-state index in [1.54, 1.807) is 0 Å². The second-order valence-corrected chi connectivity index (χ2v) is 12.1. The highest BCUT2D eigenvalue weighted by Crippen LogP contribution is 2.30. The Morgan fingerprint density at radius 3 is 2.20 bits per heavy atom. The van der Waals surface area contributed by atoms with E-state index < -0.39 is 11.2 Å². The van der Waals surface area contributed by atoms with Crippen LogP contribution in [0.25, 0.3) is 0 Å². The molecule has 0 spiro atoms. The van der Waals surface area contributed by atoms with Gasteiger partial charge in [-0.1, -0.05) is 92.4 Å². The Kier molecular flexibility index (Phi) is 17.3. The Morgan fingerprint density at radius 2 is 1.54 bits per heavy atom. The number of nitrogens with zero attached hydrogens (tertiary/aromatic N) is 2. The van der Waals surface area contributed by atoms with E-state index in [0.29, 0.717) is 25.9 Å². The number of amides is 2. The van der Waals surface area contributed by atoms with Crippen molar-refractivity contribution in [1.82, 2.24) is 9.88 Å². The molecule has 1 aromatic carbocycles. The number of allylic oxidation sites excluding steroid dienone is 8. The number of ether oxygens (including phenoxy) is 2. The zero-order valence-corrected chi connectivity index (χ0v) is 28.1. The number of unbranched alkanes of at least 4 members (excludes halogenated alkanes) is 2. The van der Waals surface area contributed by atoms with E-state index in [0.717, 1.165) is 78.6 Å². The summed E-state index contributed by atoms with van der Waals surface area (Å²) < 4.78 is 11.1. The number of aryl methyl sites for hydroxylation is 1. The molecule has 1 saturated heterocycles. The highest BCUT2D eigenvalue weighted by molar-refractivity contribution is 8.15. The van der Waals surface area contributed by atoms with Crippen molar-refractivity contribution in [1.29, 1.82) is 0 Å². The first-order chi connectivity index (χ1) is 22.5. The lowest BCUT2D eigenvalue weighted by molar-refractivity contribution is -0.149. The molecular formula is C38H48N2O5S. The fourth-order valence-corrected chi connectivity index (χ4v) is 5.62. The second kappa shape index (κ2) is 21.8. The number of rotatable bonds is 21. The van der Waals surface area contributed by atoms with Gasteiger partial charge in [-0.25, -0.2) is 4.90 Å². The largest absolute Gasteiger partial charge is 0.493 e. The molecule has 1 aliphatic rings. The van der Waals surface area contributed by atoms with Gasteiger partial charge < -0.3 is 9.47 Å². The third kappa shape index (κ3) is 14.0. The van der Waals surface area contributed by atoms with Gasteiger partial charge in [-0.3, -0.25) is 19.4 Å². The Bertz CT molecular complexity index is 1330. The maximum atomic E-state index is 12.9. The van der Waals surface area contributed by atoms with Gasteiger partial charge in [0.15, 0.2) is 6.73 Å². The van der Waals surface area contributed by atoms with Crippen molar-refractivity contribution < 1.29 is 23.9 Å². The number of hydrogen-bond acceptors (Lipinski definition) is 7. The monoisotopic (exact) mass is 644 g/mol. The molecule has 246 valence electrons. The molecule has 1 aliphatic heterocycles. The molecule has 1 atom stereocenters. The maximum absolute atomic E-state index is 12.9. The first kappa shape index (κ1) is 36.6. The summed E-state index contributed by atoms with van der Waals surface area (Å²) in [5.74, 6) is 0.00927. The molecule has 2 heterocycles. The molecule has 1 aromatic heterocycles. The number of carbonyl (C=O) groups excluding carboxylic acids is 3. The van der Waals surface area contributed by atoms with Gasteiger partial charge in [0.05, 0.1) is 11.9 Å². The summed E-state index contributed by atoms with van der Waals surface area (Å²) in [6.07, 6.45) is 27.9. The lowest BCUT2D eigenvalue weighted by Crippen LogP contribution is -2.35. The topological polar surface area (TPSA) is 85.8 Å². The van der Waals surface area contributed by atoms with Crippen LogP contribution in [0.5, 0.6) is 5.75 Å². The van der Waals surface area contributed by atoms with Crippen LogP contribution in [0.1, 0.15) is 82.0 Å². The molecule has 1 unspecified atom stereocenters. The van der Waals surface area contributed by atoms with Crippen molar-refractivity contribution in [3.05, 3.63) is 108 Å². The summed E-state index contributed by atoms with van der Waals surface area (Å²) in [5.41, 5.74) is 3.13. The number of benzene rings is 1. The third-order valence-corrected chi connectivity index (χ3v) is 8.42. The van der Waals surface area contributed by atoms with Gasteiger partial charge >= 0.3 is 5.97 Å². The molecule has 3 rings (SSSR count). The first-order valence-corrected chi connectivity index (χ1v) is 17.3. The summed E-state index contributed by atoms with van der Waals surface area (Å²) in [7, 11) is 0. The molecule has 46 heavy (non-hydrogen) atoms. The van der Waals surface area contributed by atoms with Crippen molar-refractivity contribution in [3.8, 4) is 5.75 Å². The summed E-state index contributed by atoms with van der Waals surface area (Å²) in [6, 6.07) is 11.7. The predicted octanol–water partition coefficient (Wildman–Crippen LogP) is 8.74. The zero-order chi connectivity index (χ0) is 32.8. The molecule has 0 bridgehead atoms. The SMILES string of the molecule is CC/C=C\C/C=C\C/C=C\C/C=C\CCCCC(=O)OCN1C(=O)SC(Cc2ccc(OCCc3ccc(CC)cn3)cc2)C1=O. The van der Waals surface area contributed by atoms with Crippen LogP contribution < -0.4 is 4.74 Å². The zero-order valence-electron chi connectivity index (χ0n) is 27.3. The van der Waals surface area contributed by atoms with Crippen molar-refractivity contribution in [2.24, 2.45) is 0 Å². The minimum atomic E-state index is -0.541. The van der Waals surface area contributed by atoms with Crippen LogP contribution in [-0.2, 0) is 33.6 Å². The average molecular weight is 645 g/mol. The van der Waals surface area contributed by atoms with Gasteiger partial charge in [-0.15, -0.1) is 0 Å². The molecule has 0 radical (unpaired) electrons. The number of hydrogen-bond donors (Lipinski definition) is 0. The normalized spacial score (nSPS) is 15.3. The molecule has 8 heteroatoms. The Hall–Kier alpha value is -3.91. The van der Waals surface area contributed by atoms with Crippen LogP contribution in [0.2, 0.25) is 0 Å². The quantitative estimate of drug-likeness (QED) is 0.0763. The van der Waals surface area contributed by atoms with Crippen molar-refractivity contribution in [3.63, 3.8) is 0 Å². The van der Waals surface area contributed by atoms with E-state index in [9.17, 15) is 14.4 Å². The second-order valence-electron chi connectivity index (χ2n) is 11.0. The van der Waals surface area contributed by atoms with E-state index in [4.69, 9.17) is 9.47 Å². The molecular weight excluding hydrogens is 596 g/mol. The summed E-state index contributed by atoms with van der Waals surface area (Å²) in [4.78, 5) is 43.0. The maximum Gasteiger partial charge on any atom is 0.307 e. The van der Waals surface area contributed by atoms with Crippen molar-refractivity contribution in [2.75, 3.05) is 13.3 Å². The minimum absolute atomic E-state index is 0.260. The average Bonchev–Trinajstić information content (AvgIpc) is 3.33. The Balaban J connectivity index is 1.26. The number of pyridine rings is 1. The van der Waals surface area contributed by atoms with E-state index >= 15 is 0 Å². The lowest BCUT2D eigenvalue weighted by Gasteiger charge is -2.14. The molecule has 0 saturated carbocycles. The molecule has 0 N–H and O–H groups in total. The molecule has 0 aliphatic carbocycles. The van der Waals surface area contributed by atoms with E-state index in [2.05, 4.69) is 73.5 Å². The van der Waals surface area contributed by atoms with Crippen LogP contribution in [0, 0.1) is 0 Å². The minimum Gasteiger partial charge on any atom is -0.493 e. The Labute approximate surface area is 278 Å². The molecule has 7 nitrogen and oxygen atoms in total. The van der Waals surface area contributed by atoms with Gasteiger partial charge in [0, 0.05) is 24.7 Å². The van der Waals surface area contributed by atoms with Gasteiger partial charge in [0.25, 0.3) is 5.24 Å². The number of aromatic nitrogens is 1. The van der Waals surface area contributed by atoms with E-state index in [-0.39, 0.29) is 24.3 Å². The highest BCUT2D eigenvalue weighted by atomic mass is 32.2. The lowest BCUT2D eigenvalue weighted by atomic mass is 10.1. The van der Waals surface area contributed by atoms with Crippen molar-refractivity contribution in [2.45, 2.75) is 89.7 Å². The predicted molar refractivity (Wildman–Crippen MR) is 187 cm³/mol. The molecule has 2 aromatic rings. The molecule has 2 amide bonds. The van der Waals surface area contributed by atoms with Crippen LogP contribution in [0.4, 0.5) is 4.79 Å².